The molecule has 1 aliphatic carbocycles. The third-order valence-corrected chi connectivity index (χ3v) is 5.03. The lowest BCUT2D eigenvalue weighted by atomic mass is 9.87. The number of likely N-dealkylation sites (N-methyl/N-ethyl adjacent to an activating group) is 1. The Kier molecular flexibility index (Phi) is 4.15. The summed E-state index contributed by atoms with van der Waals surface area (Å²) in [6, 6.07) is 0. The van der Waals surface area contributed by atoms with Crippen molar-refractivity contribution in [2.45, 2.75) is 45.6 Å². The van der Waals surface area contributed by atoms with Gasteiger partial charge < -0.3 is 15.5 Å². The molecule has 104 valence electrons. The maximum Gasteiger partial charge on any atom is 0.191 e. The quantitative estimate of drug-likeness (QED) is 0.807. The predicted octanol–water partition coefficient (Wildman–Crippen LogP) is 1.52. The lowest BCUT2D eigenvalue weighted by molar-refractivity contribution is 0.138. The fourth-order valence-electron chi connectivity index (χ4n) is 3.60. The third-order valence-electron chi connectivity index (χ3n) is 5.03. The summed E-state index contributed by atoms with van der Waals surface area (Å²) in [5.41, 5.74) is 6.37. The van der Waals surface area contributed by atoms with Crippen LogP contribution in [0.1, 0.15) is 40.0 Å². The Hall–Kier alpha value is -0.770. The predicted molar refractivity (Wildman–Crippen MR) is 76.7 cm³/mol. The van der Waals surface area contributed by atoms with Crippen LogP contribution in [0.3, 0.4) is 0 Å². The van der Waals surface area contributed by atoms with Gasteiger partial charge in [-0.2, -0.15) is 0 Å². The van der Waals surface area contributed by atoms with E-state index in [0.29, 0.717) is 0 Å². The van der Waals surface area contributed by atoms with E-state index in [2.05, 4.69) is 35.6 Å². The first kappa shape index (κ1) is 13.7. The standard InChI is InChI=1S/C14H28N4/c1-4-17(5-2)9-10-18-13(15)16-11-14(18)8-6-7-12(14)3/h12H,4-11H2,1-3H3,(H2,15,16). The van der Waals surface area contributed by atoms with Crippen molar-refractivity contribution < 1.29 is 0 Å². The molecule has 2 N–H and O–H groups in total. The average molecular weight is 252 g/mol. The number of hydrogen-bond acceptors (Lipinski definition) is 4. The number of hydrogen-bond donors (Lipinski definition) is 1. The monoisotopic (exact) mass is 252 g/mol. The minimum atomic E-state index is 0.247. The molecule has 0 aromatic rings. The van der Waals surface area contributed by atoms with E-state index in [9.17, 15) is 0 Å². The van der Waals surface area contributed by atoms with Crippen LogP contribution in [-0.2, 0) is 0 Å². The van der Waals surface area contributed by atoms with Crippen molar-refractivity contribution in [3.05, 3.63) is 0 Å². The minimum Gasteiger partial charge on any atom is -0.370 e. The molecule has 2 rings (SSSR count). The summed E-state index contributed by atoms with van der Waals surface area (Å²) in [6.45, 7) is 12.1. The van der Waals surface area contributed by atoms with Crippen molar-refractivity contribution >= 4 is 5.96 Å². The van der Waals surface area contributed by atoms with Crippen LogP contribution < -0.4 is 5.73 Å². The maximum atomic E-state index is 6.12. The molecule has 2 aliphatic rings. The molecule has 0 amide bonds. The van der Waals surface area contributed by atoms with Gasteiger partial charge in [0.1, 0.15) is 0 Å². The summed E-state index contributed by atoms with van der Waals surface area (Å²) in [6.07, 6.45) is 3.91. The Labute approximate surface area is 111 Å². The Balaban J connectivity index is 2.02. The number of aliphatic imine (C=N–C) groups is 1. The molecule has 1 saturated carbocycles. The number of rotatable bonds is 5. The molecule has 0 aromatic carbocycles. The van der Waals surface area contributed by atoms with Crippen LogP contribution in [0.25, 0.3) is 0 Å². The fraction of sp³-hybridized carbons (Fsp3) is 0.929. The zero-order valence-corrected chi connectivity index (χ0v) is 12.2. The van der Waals surface area contributed by atoms with Gasteiger partial charge in [-0.15, -0.1) is 0 Å². The van der Waals surface area contributed by atoms with Gasteiger partial charge in [-0.25, -0.2) is 0 Å². The third kappa shape index (κ3) is 2.22. The Morgan fingerprint density at radius 2 is 2.17 bits per heavy atom. The summed E-state index contributed by atoms with van der Waals surface area (Å²) >= 11 is 0. The smallest absolute Gasteiger partial charge is 0.191 e. The van der Waals surface area contributed by atoms with E-state index in [-0.39, 0.29) is 5.54 Å². The van der Waals surface area contributed by atoms with Gasteiger partial charge in [0.05, 0.1) is 12.1 Å². The summed E-state index contributed by atoms with van der Waals surface area (Å²) in [7, 11) is 0. The molecule has 4 nitrogen and oxygen atoms in total. The molecular weight excluding hydrogens is 224 g/mol. The van der Waals surface area contributed by atoms with E-state index in [4.69, 9.17) is 5.73 Å². The molecule has 0 aromatic heterocycles. The van der Waals surface area contributed by atoms with Gasteiger partial charge in [0.2, 0.25) is 0 Å². The molecule has 1 fully saturated rings. The van der Waals surface area contributed by atoms with E-state index >= 15 is 0 Å². The van der Waals surface area contributed by atoms with E-state index < -0.39 is 0 Å². The summed E-state index contributed by atoms with van der Waals surface area (Å²) in [5.74, 6) is 1.50. The largest absolute Gasteiger partial charge is 0.370 e. The Bertz CT molecular complexity index is 311. The first-order valence-corrected chi connectivity index (χ1v) is 7.44. The minimum absolute atomic E-state index is 0.247. The lowest BCUT2D eigenvalue weighted by Gasteiger charge is -2.40. The maximum absolute atomic E-state index is 6.12. The van der Waals surface area contributed by atoms with Gasteiger partial charge in [-0.1, -0.05) is 27.2 Å². The van der Waals surface area contributed by atoms with Gasteiger partial charge in [0.15, 0.2) is 5.96 Å². The van der Waals surface area contributed by atoms with Crippen LogP contribution in [-0.4, -0.2) is 54.0 Å². The van der Waals surface area contributed by atoms with Crippen LogP contribution in [0.5, 0.6) is 0 Å². The van der Waals surface area contributed by atoms with Gasteiger partial charge in [-0.3, -0.25) is 4.99 Å². The van der Waals surface area contributed by atoms with Gasteiger partial charge in [-0.05, 0) is 31.8 Å². The van der Waals surface area contributed by atoms with E-state index in [0.717, 1.165) is 44.6 Å². The van der Waals surface area contributed by atoms with Gasteiger partial charge in [0.25, 0.3) is 0 Å². The number of nitrogens with two attached hydrogens (primary N) is 1. The summed E-state index contributed by atoms with van der Waals surface area (Å²) in [5, 5.41) is 0. The van der Waals surface area contributed by atoms with Gasteiger partial charge >= 0.3 is 0 Å². The van der Waals surface area contributed by atoms with E-state index in [1.807, 2.05) is 0 Å². The van der Waals surface area contributed by atoms with Crippen LogP contribution in [0.2, 0.25) is 0 Å². The van der Waals surface area contributed by atoms with Crippen molar-refractivity contribution in [3.8, 4) is 0 Å². The summed E-state index contributed by atoms with van der Waals surface area (Å²) < 4.78 is 0. The van der Waals surface area contributed by atoms with Crippen molar-refractivity contribution in [2.24, 2.45) is 16.6 Å². The van der Waals surface area contributed by atoms with Crippen LogP contribution in [0.15, 0.2) is 4.99 Å². The van der Waals surface area contributed by atoms with Crippen LogP contribution in [0, 0.1) is 5.92 Å². The molecule has 4 heteroatoms. The molecule has 0 radical (unpaired) electrons. The highest BCUT2D eigenvalue weighted by Gasteiger charge is 2.48. The normalized spacial score (nSPS) is 31.7. The van der Waals surface area contributed by atoms with E-state index in [1.54, 1.807) is 0 Å². The second-order valence-electron chi connectivity index (χ2n) is 5.75. The lowest BCUT2D eigenvalue weighted by Crippen LogP contribution is -2.55. The highest BCUT2D eigenvalue weighted by molar-refractivity contribution is 5.81. The summed E-state index contributed by atoms with van der Waals surface area (Å²) in [4.78, 5) is 9.40. The second kappa shape index (κ2) is 5.47. The van der Waals surface area contributed by atoms with Crippen molar-refractivity contribution in [2.75, 3.05) is 32.7 Å². The highest BCUT2D eigenvalue weighted by atomic mass is 15.4. The first-order chi connectivity index (χ1) is 8.64. The van der Waals surface area contributed by atoms with Gasteiger partial charge in [0, 0.05) is 13.1 Å². The van der Waals surface area contributed by atoms with Crippen molar-refractivity contribution in [3.63, 3.8) is 0 Å². The highest BCUT2D eigenvalue weighted by Crippen LogP contribution is 2.42. The molecule has 2 unspecified atom stereocenters. The number of nitrogens with zero attached hydrogens (tertiary/aromatic N) is 3. The topological polar surface area (TPSA) is 44.9 Å². The molecular formula is C14H28N4. The molecule has 18 heavy (non-hydrogen) atoms. The Morgan fingerprint density at radius 1 is 1.44 bits per heavy atom. The molecule has 0 bridgehead atoms. The second-order valence-corrected chi connectivity index (χ2v) is 5.75. The molecule has 2 atom stereocenters. The Morgan fingerprint density at radius 3 is 2.72 bits per heavy atom. The molecule has 1 heterocycles. The van der Waals surface area contributed by atoms with Crippen LogP contribution in [0.4, 0.5) is 0 Å². The van der Waals surface area contributed by atoms with E-state index in [1.165, 1.54) is 19.3 Å². The SMILES string of the molecule is CCN(CC)CCN1C(N)=NCC12CCCC2C. The molecule has 0 saturated heterocycles. The van der Waals surface area contributed by atoms with Crippen LogP contribution >= 0.6 is 0 Å². The average Bonchev–Trinajstić information content (AvgIpc) is 2.89. The molecule has 1 spiro atoms. The fourth-order valence-corrected chi connectivity index (χ4v) is 3.60. The van der Waals surface area contributed by atoms with Crippen molar-refractivity contribution in [1.29, 1.82) is 0 Å². The van der Waals surface area contributed by atoms with Crippen molar-refractivity contribution in [1.82, 2.24) is 9.80 Å². The first-order valence-electron chi connectivity index (χ1n) is 7.44. The zero-order valence-electron chi connectivity index (χ0n) is 12.2. The number of guanidine groups is 1. The molecule has 1 aliphatic heterocycles. The zero-order chi connectivity index (χ0) is 13.2.